The molecule has 88 valence electrons. The molecule has 1 aromatic rings. The lowest BCUT2D eigenvalue weighted by atomic mass is 10.2. The number of nitriles is 1. The maximum Gasteiger partial charge on any atom is 0.328 e. The second kappa shape index (κ2) is 4.76. The van der Waals surface area contributed by atoms with Gasteiger partial charge in [0, 0.05) is 12.8 Å². The van der Waals surface area contributed by atoms with Gasteiger partial charge >= 0.3 is 5.69 Å². The fourth-order valence-corrected chi connectivity index (χ4v) is 1.68. The van der Waals surface area contributed by atoms with Crippen molar-refractivity contribution in [2.45, 2.75) is 12.5 Å². The number of hydrogen-bond acceptors (Lipinski definition) is 6. The van der Waals surface area contributed by atoms with Gasteiger partial charge in [0.1, 0.15) is 11.6 Å². The summed E-state index contributed by atoms with van der Waals surface area (Å²) in [5.74, 6) is 0.129. The van der Waals surface area contributed by atoms with E-state index < -0.39 is 4.92 Å². The minimum absolute atomic E-state index is 0.00594. The van der Waals surface area contributed by atoms with Gasteiger partial charge in [0.15, 0.2) is 0 Å². The Morgan fingerprint density at radius 2 is 2.53 bits per heavy atom. The number of anilines is 1. The second-order valence-electron chi connectivity index (χ2n) is 3.63. The molecule has 1 saturated heterocycles. The van der Waals surface area contributed by atoms with Gasteiger partial charge in [-0.25, -0.2) is 4.98 Å². The molecule has 1 unspecified atom stereocenters. The number of pyridine rings is 1. The van der Waals surface area contributed by atoms with Crippen molar-refractivity contribution >= 4 is 11.5 Å². The first-order valence-corrected chi connectivity index (χ1v) is 5.10. The van der Waals surface area contributed by atoms with E-state index in [0.29, 0.717) is 13.2 Å². The Balaban J connectivity index is 2.32. The van der Waals surface area contributed by atoms with Crippen molar-refractivity contribution in [2.75, 3.05) is 18.5 Å². The van der Waals surface area contributed by atoms with Crippen LogP contribution < -0.4 is 5.32 Å². The summed E-state index contributed by atoms with van der Waals surface area (Å²) >= 11 is 0. The highest BCUT2D eigenvalue weighted by Crippen LogP contribution is 2.27. The van der Waals surface area contributed by atoms with Crippen molar-refractivity contribution in [3.63, 3.8) is 0 Å². The Morgan fingerprint density at radius 3 is 3.12 bits per heavy atom. The van der Waals surface area contributed by atoms with Crippen molar-refractivity contribution in [3.8, 4) is 6.07 Å². The van der Waals surface area contributed by atoms with Gasteiger partial charge in [0.25, 0.3) is 0 Å². The molecule has 0 saturated carbocycles. The molecule has 2 heterocycles. The number of nitrogens with one attached hydrogen (secondary N) is 1. The van der Waals surface area contributed by atoms with Crippen molar-refractivity contribution < 1.29 is 9.66 Å². The molecule has 0 radical (unpaired) electrons. The standard InChI is InChI=1S/C10H10N4O3/c11-5-7-1-3-12-10(9(7)14(15)16)13-8-2-4-17-6-8/h1,3,8H,2,4,6H2,(H,12,13). The third-order valence-corrected chi connectivity index (χ3v) is 2.50. The highest BCUT2D eigenvalue weighted by molar-refractivity contribution is 5.64. The highest BCUT2D eigenvalue weighted by atomic mass is 16.6. The first kappa shape index (κ1) is 11.3. The summed E-state index contributed by atoms with van der Waals surface area (Å²) < 4.78 is 5.16. The van der Waals surface area contributed by atoms with E-state index in [1.165, 1.54) is 12.3 Å². The average molecular weight is 234 g/mol. The van der Waals surface area contributed by atoms with E-state index in [0.717, 1.165) is 6.42 Å². The first-order valence-electron chi connectivity index (χ1n) is 5.10. The molecule has 7 heteroatoms. The van der Waals surface area contributed by atoms with Crippen molar-refractivity contribution in [1.29, 1.82) is 5.26 Å². The molecule has 1 aliphatic heterocycles. The van der Waals surface area contributed by atoms with Gasteiger partial charge in [-0.1, -0.05) is 0 Å². The van der Waals surface area contributed by atoms with Crippen LogP contribution in [0.5, 0.6) is 0 Å². The van der Waals surface area contributed by atoms with Crippen LogP contribution in [-0.4, -0.2) is 29.2 Å². The van der Waals surface area contributed by atoms with E-state index in [2.05, 4.69) is 10.3 Å². The van der Waals surface area contributed by atoms with E-state index in [-0.39, 0.29) is 23.1 Å². The largest absolute Gasteiger partial charge is 0.379 e. The van der Waals surface area contributed by atoms with Gasteiger partial charge in [0.2, 0.25) is 5.82 Å². The summed E-state index contributed by atoms with van der Waals surface area (Å²) in [5, 5.41) is 22.7. The molecule has 2 rings (SSSR count). The number of aromatic nitrogens is 1. The van der Waals surface area contributed by atoms with E-state index in [9.17, 15) is 10.1 Å². The van der Waals surface area contributed by atoms with Crippen LogP contribution in [-0.2, 0) is 4.74 Å². The summed E-state index contributed by atoms with van der Waals surface area (Å²) in [7, 11) is 0. The van der Waals surface area contributed by atoms with Crippen molar-refractivity contribution in [2.24, 2.45) is 0 Å². The first-order chi connectivity index (χ1) is 8.22. The molecular formula is C10H10N4O3. The smallest absolute Gasteiger partial charge is 0.328 e. The van der Waals surface area contributed by atoms with Gasteiger partial charge in [-0.05, 0) is 12.5 Å². The molecule has 1 aliphatic rings. The fraction of sp³-hybridized carbons (Fsp3) is 0.400. The lowest BCUT2D eigenvalue weighted by molar-refractivity contribution is -0.384. The molecule has 1 atom stereocenters. The molecule has 7 nitrogen and oxygen atoms in total. The normalized spacial score (nSPS) is 18.6. The van der Waals surface area contributed by atoms with E-state index in [4.69, 9.17) is 10.00 Å². The third kappa shape index (κ3) is 2.32. The van der Waals surface area contributed by atoms with E-state index in [1.807, 2.05) is 0 Å². The third-order valence-electron chi connectivity index (χ3n) is 2.50. The molecule has 1 N–H and O–H groups in total. The van der Waals surface area contributed by atoms with Gasteiger partial charge in [-0.3, -0.25) is 10.1 Å². The number of hydrogen-bond donors (Lipinski definition) is 1. The summed E-state index contributed by atoms with van der Waals surface area (Å²) in [4.78, 5) is 14.2. The molecule has 1 fully saturated rings. The maximum absolute atomic E-state index is 10.9. The van der Waals surface area contributed by atoms with Crippen LogP contribution in [0.2, 0.25) is 0 Å². The van der Waals surface area contributed by atoms with Gasteiger partial charge in [-0.15, -0.1) is 0 Å². The van der Waals surface area contributed by atoms with Crippen LogP contribution in [0.4, 0.5) is 11.5 Å². The quantitative estimate of drug-likeness (QED) is 0.619. The zero-order chi connectivity index (χ0) is 12.3. The number of ether oxygens (including phenoxy) is 1. The number of nitrogens with zero attached hydrogens (tertiary/aromatic N) is 3. The van der Waals surface area contributed by atoms with Crippen molar-refractivity contribution in [1.82, 2.24) is 4.98 Å². The molecular weight excluding hydrogens is 224 g/mol. The average Bonchev–Trinajstić information content (AvgIpc) is 2.81. The molecule has 0 aromatic carbocycles. The van der Waals surface area contributed by atoms with Crippen LogP contribution in [0.15, 0.2) is 12.3 Å². The Bertz CT molecular complexity index is 477. The predicted molar refractivity (Wildman–Crippen MR) is 58.5 cm³/mol. The molecule has 0 aliphatic carbocycles. The number of nitro groups is 1. The van der Waals surface area contributed by atoms with Crippen LogP contribution in [0.25, 0.3) is 0 Å². The summed E-state index contributed by atoms with van der Waals surface area (Å²) in [6.07, 6.45) is 2.15. The van der Waals surface area contributed by atoms with Gasteiger partial charge < -0.3 is 10.1 Å². The minimum Gasteiger partial charge on any atom is -0.379 e. The van der Waals surface area contributed by atoms with Crippen molar-refractivity contribution in [3.05, 3.63) is 27.9 Å². The molecule has 0 amide bonds. The van der Waals surface area contributed by atoms with Crippen LogP contribution in [0.1, 0.15) is 12.0 Å². The molecule has 0 spiro atoms. The Hall–Kier alpha value is -2.20. The fourth-order valence-electron chi connectivity index (χ4n) is 1.68. The Kier molecular flexibility index (Phi) is 3.16. The highest BCUT2D eigenvalue weighted by Gasteiger charge is 2.24. The monoisotopic (exact) mass is 234 g/mol. The number of rotatable bonds is 3. The van der Waals surface area contributed by atoms with Gasteiger partial charge in [-0.2, -0.15) is 5.26 Å². The molecule has 17 heavy (non-hydrogen) atoms. The predicted octanol–water partition coefficient (Wildman–Crippen LogP) is 1.06. The maximum atomic E-state index is 10.9. The zero-order valence-corrected chi connectivity index (χ0v) is 8.92. The SMILES string of the molecule is N#Cc1ccnc(NC2CCOC2)c1[N+](=O)[O-]. The van der Waals surface area contributed by atoms with Crippen LogP contribution >= 0.6 is 0 Å². The van der Waals surface area contributed by atoms with E-state index in [1.54, 1.807) is 6.07 Å². The van der Waals surface area contributed by atoms with Crippen LogP contribution in [0, 0.1) is 21.4 Å². The summed E-state index contributed by atoms with van der Waals surface area (Å²) in [6, 6.07) is 3.13. The topological polar surface area (TPSA) is 101 Å². The summed E-state index contributed by atoms with van der Waals surface area (Å²) in [6.45, 7) is 1.12. The second-order valence-corrected chi connectivity index (χ2v) is 3.63. The Morgan fingerprint density at radius 1 is 1.71 bits per heavy atom. The lowest BCUT2D eigenvalue weighted by Crippen LogP contribution is -2.20. The lowest BCUT2D eigenvalue weighted by Gasteiger charge is -2.11. The Labute approximate surface area is 97.2 Å². The van der Waals surface area contributed by atoms with Gasteiger partial charge in [0.05, 0.1) is 17.6 Å². The molecule has 1 aromatic heterocycles. The minimum atomic E-state index is -0.594. The zero-order valence-electron chi connectivity index (χ0n) is 8.92. The summed E-state index contributed by atoms with van der Waals surface area (Å²) in [5.41, 5.74) is -0.270. The van der Waals surface area contributed by atoms with E-state index >= 15 is 0 Å². The molecule has 0 bridgehead atoms. The van der Waals surface area contributed by atoms with Crippen LogP contribution in [0.3, 0.4) is 0 Å².